The van der Waals surface area contributed by atoms with Crippen LogP contribution < -0.4 is 15.0 Å². The summed E-state index contributed by atoms with van der Waals surface area (Å²) in [5, 5.41) is 0.875. The highest BCUT2D eigenvalue weighted by Crippen LogP contribution is 2.18. The van der Waals surface area contributed by atoms with Gasteiger partial charge in [0.1, 0.15) is 5.75 Å². The number of benzene rings is 1. The van der Waals surface area contributed by atoms with Gasteiger partial charge in [-0.3, -0.25) is 4.79 Å². The summed E-state index contributed by atoms with van der Waals surface area (Å²) in [5.74, 6) is 0.666. The van der Waals surface area contributed by atoms with E-state index in [1.165, 1.54) is 0 Å². The van der Waals surface area contributed by atoms with Gasteiger partial charge in [-0.15, -0.1) is 0 Å². The molecule has 108 valence electrons. The first-order chi connectivity index (χ1) is 9.39. The number of nitrogens with one attached hydrogen (secondary N) is 2. The second-order valence-corrected chi connectivity index (χ2v) is 6.33. The van der Waals surface area contributed by atoms with E-state index < -0.39 is 10.0 Å². The normalized spacial score (nSPS) is 11.7. The number of H-pyrrole nitrogens is 1. The van der Waals surface area contributed by atoms with E-state index in [9.17, 15) is 13.2 Å². The van der Waals surface area contributed by atoms with Crippen molar-refractivity contribution in [3.63, 3.8) is 0 Å². The molecule has 1 aromatic heterocycles. The van der Waals surface area contributed by atoms with Crippen molar-refractivity contribution in [1.82, 2.24) is 9.71 Å². The Morgan fingerprint density at radius 1 is 1.30 bits per heavy atom. The average molecular weight is 296 g/mol. The van der Waals surface area contributed by atoms with E-state index in [1.807, 2.05) is 6.07 Å². The molecule has 2 rings (SSSR count). The van der Waals surface area contributed by atoms with Crippen LogP contribution in [0, 0.1) is 0 Å². The summed E-state index contributed by atoms with van der Waals surface area (Å²) in [6.07, 6.45) is 1.42. The third-order valence-corrected chi connectivity index (χ3v) is 3.62. The number of hydrogen-bond acceptors (Lipinski definition) is 4. The lowest BCUT2D eigenvalue weighted by molar-refractivity contribution is 0.415. The minimum Gasteiger partial charge on any atom is -0.497 e. The first-order valence-corrected chi connectivity index (χ1v) is 7.93. The maximum Gasteiger partial charge on any atom is 0.251 e. The van der Waals surface area contributed by atoms with Crippen LogP contribution in [0.4, 0.5) is 0 Å². The van der Waals surface area contributed by atoms with E-state index in [0.29, 0.717) is 23.3 Å². The topological polar surface area (TPSA) is 88.3 Å². The first-order valence-electron chi connectivity index (χ1n) is 6.03. The van der Waals surface area contributed by atoms with E-state index in [2.05, 4.69) is 9.71 Å². The van der Waals surface area contributed by atoms with Gasteiger partial charge in [-0.1, -0.05) is 0 Å². The van der Waals surface area contributed by atoms with Crippen molar-refractivity contribution in [3.05, 3.63) is 40.2 Å². The lowest BCUT2D eigenvalue weighted by atomic mass is 10.1. The van der Waals surface area contributed by atoms with Crippen molar-refractivity contribution < 1.29 is 13.2 Å². The summed E-state index contributed by atoms with van der Waals surface area (Å²) in [4.78, 5) is 14.7. The molecule has 0 radical (unpaired) electrons. The minimum absolute atomic E-state index is 0.198. The molecule has 0 aliphatic rings. The number of pyridine rings is 1. The van der Waals surface area contributed by atoms with E-state index in [0.717, 1.165) is 11.6 Å². The van der Waals surface area contributed by atoms with E-state index in [4.69, 9.17) is 4.74 Å². The molecule has 7 heteroatoms. The average Bonchev–Trinajstić information content (AvgIpc) is 2.37. The fraction of sp³-hybridized carbons (Fsp3) is 0.308. The Morgan fingerprint density at radius 3 is 2.70 bits per heavy atom. The van der Waals surface area contributed by atoms with Crippen LogP contribution in [0.5, 0.6) is 5.75 Å². The molecule has 0 bridgehead atoms. The molecular weight excluding hydrogens is 280 g/mol. The van der Waals surface area contributed by atoms with Gasteiger partial charge in [-0.05, 0) is 30.0 Å². The largest absolute Gasteiger partial charge is 0.497 e. The Bertz CT molecular complexity index is 781. The monoisotopic (exact) mass is 296 g/mol. The molecule has 0 aliphatic carbocycles. The molecule has 2 aromatic rings. The van der Waals surface area contributed by atoms with Crippen molar-refractivity contribution in [3.8, 4) is 5.75 Å². The molecule has 20 heavy (non-hydrogen) atoms. The summed E-state index contributed by atoms with van der Waals surface area (Å²) < 4.78 is 29.4. The predicted octanol–water partition coefficient (Wildman–Crippen LogP) is 0.628. The van der Waals surface area contributed by atoms with Crippen LogP contribution in [0.3, 0.4) is 0 Å². The van der Waals surface area contributed by atoms with Gasteiger partial charge in [0.2, 0.25) is 10.0 Å². The summed E-state index contributed by atoms with van der Waals surface area (Å²) in [5.41, 5.74) is 1.01. The van der Waals surface area contributed by atoms with Crippen molar-refractivity contribution in [1.29, 1.82) is 0 Å². The van der Waals surface area contributed by atoms with Crippen LogP contribution in [0.15, 0.2) is 29.1 Å². The molecule has 1 aromatic carbocycles. The standard InChI is InChI=1S/C13H16N2O4S/c1-19-11-4-3-9-7-10(5-6-14-20(2,17)18)13(16)15-12(9)8-11/h3-4,7-8,14H,5-6H2,1-2H3,(H,15,16). The molecular formula is C13H16N2O4S. The fourth-order valence-electron chi connectivity index (χ4n) is 1.91. The number of fused-ring (bicyclic) bond motifs is 1. The Labute approximate surface area is 116 Å². The molecule has 1 heterocycles. The maximum atomic E-state index is 11.9. The van der Waals surface area contributed by atoms with Crippen molar-refractivity contribution >= 4 is 20.9 Å². The molecule has 0 amide bonds. The molecule has 6 nitrogen and oxygen atoms in total. The molecule has 0 fully saturated rings. The lowest BCUT2D eigenvalue weighted by Gasteiger charge is -2.06. The molecule has 0 saturated heterocycles. The quantitative estimate of drug-likeness (QED) is 0.847. The summed E-state index contributed by atoms with van der Waals surface area (Å²) >= 11 is 0. The summed E-state index contributed by atoms with van der Waals surface area (Å²) in [6, 6.07) is 7.16. The van der Waals surface area contributed by atoms with Crippen molar-refractivity contribution in [2.24, 2.45) is 0 Å². The number of hydrogen-bond donors (Lipinski definition) is 2. The molecule has 0 unspecified atom stereocenters. The van der Waals surface area contributed by atoms with Crippen LogP contribution in [0.25, 0.3) is 10.9 Å². The summed E-state index contributed by atoms with van der Waals surface area (Å²) in [6.45, 7) is 0.198. The molecule has 0 saturated carbocycles. The second-order valence-electron chi connectivity index (χ2n) is 4.49. The Morgan fingerprint density at radius 2 is 2.05 bits per heavy atom. The number of aromatic nitrogens is 1. The highest BCUT2D eigenvalue weighted by Gasteiger charge is 2.06. The molecule has 2 N–H and O–H groups in total. The predicted molar refractivity (Wildman–Crippen MR) is 77.7 cm³/mol. The van der Waals surface area contributed by atoms with Crippen LogP contribution >= 0.6 is 0 Å². The van der Waals surface area contributed by atoms with E-state index in [1.54, 1.807) is 25.3 Å². The third-order valence-electron chi connectivity index (χ3n) is 2.89. The van der Waals surface area contributed by atoms with E-state index in [-0.39, 0.29) is 12.1 Å². The number of methoxy groups -OCH3 is 1. The smallest absolute Gasteiger partial charge is 0.251 e. The zero-order chi connectivity index (χ0) is 14.8. The molecule has 0 aliphatic heterocycles. The number of rotatable bonds is 5. The number of aromatic amines is 1. The Kier molecular flexibility index (Phi) is 4.10. The lowest BCUT2D eigenvalue weighted by Crippen LogP contribution is -2.26. The zero-order valence-corrected chi connectivity index (χ0v) is 12.1. The molecule has 0 spiro atoms. The SMILES string of the molecule is COc1ccc2cc(CCNS(C)(=O)=O)c(=O)[nH]c2c1. The van der Waals surface area contributed by atoms with Gasteiger partial charge in [0, 0.05) is 18.2 Å². The van der Waals surface area contributed by atoms with Crippen molar-refractivity contribution in [2.75, 3.05) is 19.9 Å². The van der Waals surface area contributed by atoms with Crippen molar-refractivity contribution in [2.45, 2.75) is 6.42 Å². The maximum absolute atomic E-state index is 11.9. The zero-order valence-electron chi connectivity index (χ0n) is 11.3. The number of ether oxygens (including phenoxy) is 1. The highest BCUT2D eigenvalue weighted by atomic mass is 32.2. The van der Waals surface area contributed by atoms with Gasteiger partial charge < -0.3 is 9.72 Å². The van der Waals surface area contributed by atoms with Gasteiger partial charge in [0.05, 0.1) is 18.9 Å². The summed E-state index contributed by atoms with van der Waals surface area (Å²) in [7, 11) is -1.68. The Balaban J connectivity index is 2.27. The van der Waals surface area contributed by atoms with Gasteiger partial charge in [-0.2, -0.15) is 0 Å². The van der Waals surface area contributed by atoms with Crippen LogP contribution in [-0.4, -0.2) is 33.3 Å². The van der Waals surface area contributed by atoms with Gasteiger partial charge >= 0.3 is 0 Å². The molecule has 0 atom stereocenters. The minimum atomic E-state index is -3.24. The fourth-order valence-corrected chi connectivity index (χ4v) is 2.38. The van der Waals surface area contributed by atoms with Crippen LogP contribution in [0.1, 0.15) is 5.56 Å². The van der Waals surface area contributed by atoms with E-state index >= 15 is 0 Å². The number of sulfonamides is 1. The Hall–Kier alpha value is -1.86. The van der Waals surface area contributed by atoms with Gasteiger partial charge in [0.25, 0.3) is 5.56 Å². The van der Waals surface area contributed by atoms with Crippen LogP contribution in [0.2, 0.25) is 0 Å². The third kappa shape index (κ3) is 3.58. The van der Waals surface area contributed by atoms with Gasteiger partial charge in [0.15, 0.2) is 0 Å². The highest BCUT2D eigenvalue weighted by molar-refractivity contribution is 7.88. The first kappa shape index (κ1) is 14.5. The second kappa shape index (κ2) is 5.64. The van der Waals surface area contributed by atoms with Gasteiger partial charge in [-0.25, -0.2) is 13.1 Å². The van der Waals surface area contributed by atoms with Crippen LogP contribution in [-0.2, 0) is 16.4 Å².